The van der Waals surface area contributed by atoms with Gasteiger partial charge in [-0.25, -0.2) is 0 Å². The van der Waals surface area contributed by atoms with Crippen molar-refractivity contribution in [3.05, 3.63) is 35.9 Å². The minimum absolute atomic E-state index is 0.282. The van der Waals surface area contributed by atoms with E-state index in [1.54, 1.807) is 0 Å². The Morgan fingerprint density at radius 2 is 2.00 bits per heavy atom. The van der Waals surface area contributed by atoms with Crippen molar-refractivity contribution in [2.75, 3.05) is 6.61 Å². The predicted molar refractivity (Wildman–Crippen MR) is 81.3 cm³/mol. The number of hydrogen-bond donors (Lipinski definition) is 2. The number of aliphatic hydroxyl groups excluding tert-OH is 2. The molecule has 2 rings (SSSR count). The molecule has 0 amide bonds. The van der Waals surface area contributed by atoms with Crippen LogP contribution in [0.25, 0.3) is 0 Å². The molecule has 2 N–H and O–H groups in total. The zero-order valence-electron chi connectivity index (χ0n) is 12.1. The summed E-state index contributed by atoms with van der Waals surface area (Å²) >= 11 is 3.28. The molecular formula is C15H19BrO6. The van der Waals surface area contributed by atoms with E-state index in [9.17, 15) is 15.0 Å². The molecule has 1 saturated heterocycles. The summed E-state index contributed by atoms with van der Waals surface area (Å²) in [6, 6.07) is 9.49. The number of halogens is 1. The highest BCUT2D eigenvalue weighted by Gasteiger charge is 2.46. The molecule has 3 unspecified atom stereocenters. The number of ether oxygens (including phenoxy) is 3. The largest absolute Gasteiger partial charge is 0.457 e. The van der Waals surface area contributed by atoms with Gasteiger partial charge in [0.2, 0.25) is 0 Å². The number of carbonyl (C=O) groups excluding carboxylic acids is 1. The van der Waals surface area contributed by atoms with E-state index >= 15 is 0 Å². The summed E-state index contributed by atoms with van der Waals surface area (Å²) in [7, 11) is 0. The zero-order chi connectivity index (χ0) is 16.1. The van der Waals surface area contributed by atoms with Crippen LogP contribution in [0.5, 0.6) is 0 Å². The predicted octanol–water partition coefficient (Wildman–Crippen LogP) is 0.976. The molecule has 0 bridgehead atoms. The van der Waals surface area contributed by atoms with E-state index in [-0.39, 0.29) is 13.2 Å². The molecule has 7 heteroatoms. The van der Waals surface area contributed by atoms with Crippen LogP contribution in [0.15, 0.2) is 30.3 Å². The second-order valence-corrected chi connectivity index (χ2v) is 5.94. The fourth-order valence-electron chi connectivity index (χ4n) is 2.31. The van der Waals surface area contributed by atoms with Gasteiger partial charge < -0.3 is 24.4 Å². The lowest BCUT2D eigenvalue weighted by molar-refractivity contribution is -0.230. The average Bonchev–Trinajstić information content (AvgIpc) is 2.50. The molecular weight excluding hydrogens is 356 g/mol. The third-order valence-corrected chi connectivity index (χ3v) is 4.11. The van der Waals surface area contributed by atoms with Crippen molar-refractivity contribution in [1.29, 1.82) is 0 Å². The smallest absolute Gasteiger partial charge is 0.303 e. The molecule has 0 saturated carbocycles. The van der Waals surface area contributed by atoms with Crippen LogP contribution in [0.4, 0.5) is 0 Å². The highest BCUT2D eigenvalue weighted by Crippen LogP contribution is 2.29. The Bertz CT molecular complexity index is 482. The first-order chi connectivity index (χ1) is 10.5. The third kappa shape index (κ3) is 4.27. The van der Waals surface area contributed by atoms with Gasteiger partial charge in [0.05, 0.1) is 13.2 Å². The van der Waals surface area contributed by atoms with E-state index in [0.29, 0.717) is 0 Å². The number of esters is 1. The summed E-state index contributed by atoms with van der Waals surface area (Å²) < 4.78 is 16.3. The second-order valence-electron chi connectivity index (χ2n) is 5.03. The van der Waals surface area contributed by atoms with E-state index in [4.69, 9.17) is 14.2 Å². The quantitative estimate of drug-likeness (QED) is 0.590. The molecule has 0 aliphatic carbocycles. The number of alkyl halides is 1. The summed E-state index contributed by atoms with van der Waals surface area (Å²) in [5.41, 5.74) is 0.947. The molecule has 1 heterocycles. The second kappa shape index (κ2) is 8.03. The molecule has 22 heavy (non-hydrogen) atoms. The summed E-state index contributed by atoms with van der Waals surface area (Å²) in [4.78, 5) is 11.2. The number of rotatable bonds is 5. The van der Waals surface area contributed by atoms with E-state index < -0.39 is 35.4 Å². The van der Waals surface area contributed by atoms with Crippen LogP contribution in [-0.4, -0.2) is 52.2 Å². The van der Waals surface area contributed by atoms with Crippen LogP contribution < -0.4 is 0 Å². The van der Waals surface area contributed by atoms with Crippen molar-refractivity contribution in [2.24, 2.45) is 0 Å². The summed E-state index contributed by atoms with van der Waals surface area (Å²) in [5.74, 6) is -0.555. The van der Waals surface area contributed by atoms with Gasteiger partial charge in [-0.05, 0) is 5.56 Å². The van der Waals surface area contributed by atoms with Crippen LogP contribution in [0.1, 0.15) is 12.5 Å². The number of benzene rings is 1. The Morgan fingerprint density at radius 3 is 2.59 bits per heavy atom. The minimum atomic E-state index is -1.11. The van der Waals surface area contributed by atoms with Gasteiger partial charge in [-0.1, -0.05) is 46.3 Å². The van der Waals surface area contributed by atoms with Gasteiger partial charge in [0.25, 0.3) is 0 Å². The monoisotopic (exact) mass is 374 g/mol. The lowest BCUT2D eigenvalue weighted by Crippen LogP contribution is -2.59. The first-order valence-corrected chi connectivity index (χ1v) is 7.85. The first kappa shape index (κ1) is 17.4. The van der Waals surface area contributed by atoms with Crippen molar-refractivity contribution in [3.8, 4) is 0 Å². The van der Waals surface area contributed by atoms with Crippen LogP contribution in [0.3, 0.4) is 0 Å². The molecule has 1 aliphatic heterocycles. The van der Waals surface area contributed by atoms with Gasteiger partial charge in [-0.15, -0.1) is 0 Å². The number of aliphatic hydroxyl groups is 2. The topological polar surface area (TPSA) is 85.2 Å². The molecule has 1 fully saturated rings. The maximum atomic E-state index is 11.2. The number of hydrogen-bond acceptors (Lipinski definition) is 6. The standard InChI is InChI=1S/C15H19BrO6/c1-9(18)21-13-11(7-17)22-15(16)14(12(13)19)20-8-10-5-3-2-4-6-10/h2-6,11-15,17,19H,7-8H2,1H3/t11?,12?,13-,14?,15+/m1/s1. The Balaban J connectivity index is 2.04. The van der Waals surface area contributed by atoms with Crippen LogP contribution in [-0.2, 0) is 25.6 Å². The minimum Gasteiger partial charge on any atom is -0.457 e. The van der Waals surface area contributed by atoms with Crippen molar-refractivity contribution in [3.63, 3.8) is 0 Å². The Hall–Kier alpha value is -0.990. The van der Waals surface area contributed by atoms with Crippen LogP contribution in [0.2, 0.25) is 0 Å². The fraction of sp³-hybridized carbons (Fsp3) is 0.533. The van der Waals surface area contributed by atoms with E-state index in [1.807, 2.05) is 30.3 Å². The molecule has 0 aromatic heterocycles. The van der Waals surface area contributed by atoms with Gasteiger partial charge in [0.1, 0.15) is 23.3 Å². The highest BCUT2D eigenvalue weighted by molar-refractivity contribution is 9.09. The molecule has 6 nitrogen and oxygen atoms in total. The molecule has 1 aliphatic rings. The summed E-state index contributed by atoms with van der Waals surface area (Å²) in [6.07, 6.45) is -3.62. The molecule has 1 aromatic rings. The molecule has 5 atom stereocenters. The van der Waals surface area contributed by atoms with Gasteiger partial charge >= 0.3 is 5.97 Å². The van der Waals surface area contributed by atoms with E-state index in [2.05, 4.69) is 15.9 Å². The van der Waals surface area contributed by atoms with Gasteiger partial charge in [0.15, 0.2) is 6.10 Å². The lowest BCUT2D eigenvalue weighted by Gasteiger charge is -2.41. The number of carbonyl (C=O) groups is 1. The molecule has 122 valence electrons. The van der Waals surface area contributed by atoms with E-state index in [0.717, 1.165) is 5.56 Å². The van der Waals surface area contributed by atoms with Gasteiger partial charge in [-0.2, -0.15) is 0 Å². The average molecular weight is 375 g/mol. The van der Waals surface area contributed by atoms with Gasteiger partial charge in [-0.3, -0.25) is 4.79 Å². The van der Waals surface area contributed by atoms with Crippen LogP contribution >= 0.6 is 15.9 Å². The van der Waals surface area contributed by atoms with Crippen molar-refractivity contribution >= 4 is 21.9 Å². The van der Waals surface area contributed by atoms with Crippen molar-refractivity contribution in [2.45, 2.75) is 43.0 Å². The lowest BCUT2D eigenvalue weighted by atomic mass is 10.00. The summed E-state index contributed by atoms with van der Waals surface area (Å²) in [5, 5.41) is 19.1. The Labute approximate surface area is 137 Å². The maximum Gasteiger partial charge on any atom is 0.303 e. The third-order valence-electron chi connectivity index (χ3n) is 3.37. The maximum absolute atomic E-state index is 11.2. The molecule has 1 aromatic carbocycles. The molecule has 0 spiro atoms. The van der Waals surface area contributed by atoms with Crippen LogP contribution in [0, 0.1) is 0 Å². The van der Waals surface area contributed by atoms with Crippen molar-refractivity contribution < 1.29 is 29.2 Å². The van der Waals surface area contributed by atoms with Crippen molar-refractivity contribution in [1.82, 2.24) is 0 Å². The first-order valence-electron chi connectivity index (χ1n) is 6.94. The summed E-state index contributed by atoms with van der Waals surface area (Å²) in [6.45, 7) is 1.15. The van der Waals surface area contributed by atoms with E-state index in [1.165, 1.54) is 6.92 Å². The highest BCUT2D eigenvalue weighted by atomic mass is 79.9. The Kier molecular flexibility index (Phi) is 6.34. The SMILES string of the molecule is CC(=O)O[C@@H]1C(CO)O[C@H](Br)C(OCc2ccccc2)C1O. The normalized spacial score (nSPS) is 31.7. The Morgan fingerprint density at radius 1 is 1.32 bits per heavy atom. The molecule has 0 radical (unpaired) electrons. The van der Waals surface area contributed by atoms with Gasteiger partial charge in [0, 0.05) is 6.92 Å². The fourth-order valence-corrected chi connectivity index (χ4v) is 3.05. The zero-order valence-corrected chi connectivity index (χ0v) is 13.7.